The van der Waals surface area contributed by atoms with Crippen molar-refractivity contribution >= 4 is 11.0 Å². The van der Waals surface area contributed by atoms with E-state index in [9.17, 15) is 4.79 Å². The first-order chi connectivity index (χ1) is 15.8. The van der Waals surface area contributed by atoms with E-state index in [0.29, 0.717) is 40.1 Å². The number of rotatable bonds is 4. The number of hydrogen-bond donors (Lipinski definition) is 0. The van der Waals surface area contributed by atoms with E-state index in [1.54, 1.807) is 22.9 Å². The lowest BCUT2D eigenvalue weighted by Crippen LogP contribution is -2.23. The van der Waals surface area contributed by atoms with Crippen LogP contribution in [-0.4, -0.2) is 26.5 Å². The van der Waals surface area contributed by atoms with Crippen molar-refractivity contribution in [2.24, 2.45) is 0 Å². The maximum absolute atomic E-state index is 13.4. The molecular formula is C24H16N4O4. The van der Waals surface area contributed by atoms with Crippen LogP contribution < -0.4 is 15.0 Å². The van der Waals surface area contributed by atoms with Crippen LogP contribution in [0.3, 0.4) is 0 Å². The summed E-state index contributed by atoms with van der Waals surface area (Å²) in [5.41, 5.74) is 2.51. The van der Waals surface area contributed by atoms with Crippen LogP contribution in [0.15, 0.2) is 82.1 Å². The molecule has 1 aliphatic rings. The number of pyridine rings is 2. The molecule has 0 radical (unpaired) electrons. The number of aromatic nitrogens is 4. The highest BCUT2D eigenvalue weighted by atomic mass is 16.7. The second-order valence-corrected chi connectivity index (χ2v) is 7.30. The van der Waals surface area contributed by atoms with E-state index in [-0.39, 0.29) is 18.9 Å². The highest BCUT2D eigenvalue weighted by Crippen LogP contribution is 2.35. The zero-order valence-corrected chi connectivity index (χ0v) is 16.8. The second kappa shape index (κ2) is 7.35. The largest absolute Gasteiger partial charge is 0.454 e. The third kappa shape index (κ3) is 3.09. The first-order valence-electron chi connectivity index (χ1n) is 10.0. The minimum Gasteiger partial charge on any atom is -0.454 e. The zero-order chi connectivity index (χ0) is 21.5. The molecule has 32 heavy (non-hydrogen) atoms. The average Bonchev–Trinajstić information content (AvgIpc) is 3.50. The van der Waals surface area contributed by atoms with E-state index in [0.717, 1.165) is 10.9 Å². The van der Waals surface area contributed by atoms with Crippen LogP contribution in [0.25, 0.3) is 33.6 Å². The SMILES string of the molecule is O=c1c(-c2ccccc2)cc2cccnc2n1Cc1nnc(-c2ccc3c(c2)OCO3)o1. The summed E-state index contributed by atoms with van der Waals surface area (Å²) < 4.78 is 18.2. The molecule has 6 rings (SSSR count). The number of hydrogen-bond acceptors (Lipinski definition) is 7. The van der Waals surface area contributed by atoms with E-state index in [1.165, 1.54) is 0 Å². The van der Waals surface area contributed by atoms with Gasteiger partial charge in [0.1, 0.15) is 12.2 Å². The first-order valence-corrected chi connectivity index (χ1v) is 10.0. The van der Waals surface area contributed by atoms with E-state index in [4.69, 9.17) is 13.9 Å². The molecule has 0 N–H and O–H groups in total. The molecule has 8 heteroatoms. The van der Waals surface area contributed by atoms with E-state index < -0.39 is 0 Å². The Bertz CT molecular complexity index is 1510. The van der Waals surface area contributed by atoms with Gasteiger partial charge in [0.25, 0.3) is 5.56 Å². The average molecular weight is 424 g/mol. The molecular weight excluding hydrogens is 408 g/mol. The molecule has 0 fully saturated rings. The van der Waals surface area contributed by atoms with Gasteiger partial charge < -0.3 is 13.9 Å². The molecule has 0 unspecified atom stereocenters. The molecule has 0 amide bonds. The van der Waals surface area contributed by atoms with Gasteiger partial charge in [-0.3, -0.25) is 9.36 Å². The molecule has 0 spiro atoms. The number of benzene rings is 2. The summed E-state index contributed by atoms with van der Waals surface area (Å²) in [5, 5.41) is 9.15. The maximum Gasteiger partial charge on any atom is 0.260 e. The smallest absolute Gasteiger partial charge is 0.260 e. The van der Waals surface area contributed by atoms with Gasteiger partial charge in [0.15, 0.2) is 11.5 Å². The molecule has 4 heterocycles. The van der Waals surface area contributed by atoms with Gasteiger partial charge in [-0.1, -0.05) is 30.3 Å². The van der Waals surface area contributed by atoms with E-state index in [2.05, 4.69) is 15.2 Å². The lowest BCUT2D eigenvalue weighted by molar-refractivity contribution is 0.174. The van der Waals surface area contributed by atoms with Gasteiger partial charge in [-0.25, -0.2) is 4.98 Å². The zero-order valence-electron chi connectivity index (χ0n) is 16.8. The van der Waals surface area contributed by atoms with Gasteiger partial charge in [0, 0.05) is 22.7 Å². The lowest BCUT2D eigenvalue weighted by Gasteiger charge is -2.10. The van der Waals surface area contributed by atoms with Gasteiger partial charge in [-0.15, -0.1) is 10.2 Å². The van der Waals surface area contributed by atoms with Crippen LogP contribution in [0.4, 0.5) is 0 Å². The molecule has 3 aromatic heterocycles. The van der Waals surface area contributed by atoms with Crippen LogP contribution in [0.5, 0.6) is 11.5 Å². The Morgan fingerprint density at radius 2 is 1.75 bits per heavy atom. The summed E-state index contributed by atoms with van der Waals surface area (Å²) in [6.45, 7) is 0.291. The predicted octanol–water partition coefficient (Wildman–Crippen LogP) is 3.89. The maximum atomic E-state index is 13.4. The van der Waals surface area contributed by atoms with Crippen LogP contribution in [0.2, 0.25) is 0 Å². The quantitative estimate of drug-likeness (QED) is 0.432. The number of ether oxygens (including phenoxy) is 2. The van der Waals surface area contributed by atoms with Crippen molar-refractivity contribution < 1.29 is 13.9 Å². The lowest BCUT2D eigenvalue weighted by atomic mass is 10.1. The van der Waals surface area contributed by atoms with Gasteiger partial charge in [0.05, 0.1) is 0 Å². The van der Waals surface area contributed by atoms with Gasteiger partial charge >= 0.3 is 0 Å². The summed E-state index contributed by atoms with van der Waals surface area (Å²) in [6.07, 6.45) is 1.66. The number of nitrogens with zero attached hydrogens (tertiary/aromatic N) is 4. The monoisotopic (exact) mass is 424 g/mol. The Labute approximate surface area is 181 Å². The Morgan fingerprint density at radius 3 is 2.66 bits per heavy atom. The van der Waals surface area contributed by atoms with Gasteiger partial charge in [0.2, 0.25) is 18.6 Å². The molecule has 0 saturated carbocycles. The molecule has 0 bridgehead atoms. The molecule has 1 aliphatic heterocycles. The predicted molar refractivity (Wildman–Crippen MR) is 116 cm³/mol. The van der Waals surface area contributed by atoms with Crippen molar-refractivity contribution in [3.63, 3.8) is 0 Å². The van der Waals surface area contributed by atoms with Gasteiger partial charge in [-0.05, 0) is 42.0 Å². The minimum absolute atomic E-state index is 0.102. The molecule has 5 aromatic rings. The third-order valence-corrected chi connectivity index (χ3v) is 5.31. The van der Waals surface area contributed by atoms with Crippen LogP contribution in [-0.2, 0) is 6.54 Å². The molecule has 0 atom stereocenters. The summed E-state index contributed by atoms with van der Waals surface area (Å²) in [5.74, 6) is 1.94. The first kappa shape index (κ1) is 18.3. The molecule has 0 aliphatic carbocycles. The van der Waals surface area contributed by atoms with Crippen molar-refractivity contribution in [1.29, 1.82) is 0 Å². The van der Waals surface area contributed by atoms with Crippen molar-refractivity contribution in [1.82, 2.24) is 19.7 Å². The highest BCUT2D eigenvalue weighted by Gasteiger charge is 2.18. The van der Waals surface area contributed by atoms with Crippen molar-refractivity contribution in [3.8, 4) is 34.1 Å². The number of fused-ring (bicyclic) bond motifs is 2. The Hall–Kier alpha value is -4.46. The summed E-state index contributed by atoms with van der Waals surface area (Å²) in [6, 6.07) is 20.6. The topological polar surface area (TPSA) is 92.3 Å². The van der Waals surface area contributed by atoms with E-state index in [1.807, 2.05) is 54.6 Å². The highest BCUT2D eigenvalue weighted by molar-refractivity contribution is 5.81. The summed E-state index contributed by atoms with van der Waals surface area (Å²) in [7, 11) is 0. The molecule has 2 aromatic carbocycles. The van der Waals surface area contributed by atoms with Crippen molar-refractivity contribution in [2.75, 3.05) is 6.79 Å². The third-order valence-electron chi connectivity index (χ3n) is 5.31. The molecule has 156 valence electrons. The van der Waals surface area contributed by atoms with E-state index >= 15 is 0 Å². The second-order valence-electron chi connectivity index (χ2n) is 7.30. The fourth-order valence-electron chi connectivity index (χ4n) is 3.78. The Morgan fingerprint density at radius 1 is 0.875 bits per heavy atom. The molecule has 8 nitrogen and oxygen atoms in total. The summed E-state index contributed by atoms with van der Waals surface area (Å²) >= 11 is 0. The minimum atomic E-state index is -0.176. The fraction of sp³-hybridized carbons (Fsp3) is 0.0833. The summed E-state index contributed by atoms with van der Waals surface area (Å²) in [4.78, 5) is 17.8. The van der Waals surface area contributed by atoms with Crippen LogP contribution >= 0.6 is 0 Å². The Balaban J connectivity index is 1.42. The molecule has 0 saturated heterocycles. The standard InChI is InChI=1S/C24H16N4O4/c29-24-18(15-5-2-1-3-6-15)11-16-7-4-10-25-22(16)28(24)13-21-26-27-23(32-21)17-8-9-19-20(12-17)31-14-30-19/h1-12H,13-14H2. The van der Waals surface area contributed by atoms with Crippen LogP contribution in [0, 0.1) is 0 Å². The van der Waals surface area contributed by atoms with Crippen molar-refractivity contribution in [2.45, 2.75) is 6.54 Å². The normalized spacial score (nSPS) is 12.4. The van der Waals surface area contributed by atoms with Gasteiger partial charge in [-0.2, -0.15) is 0 Å². The fourth-order valence-corrected chi connectivity index (χ4v) is 3.78. The van der Waals surface area contributed by atoms with Crippen LogP contribution in [0.1, 0.15) is 5.89 Å². The van der Waals surface area contributed by atoms with Crippen molar-refractivity contribution in [3.05, 3.63) is 89.2 Å². The Kier molecular flexibility index (Phi) is 4.21.